The van der Waals surface area contributed by atoms with Crippen LogP contribution in [0.1, 0.15) is 37.4 Å². The van der Waals surface area contributed by atoms with Crippen molar-refractivity contribution >= 4 is 16.7 Å². The fourth-order valence-electron chi connectivity index (χ4n) is 3.43. The van der Waals surface area contributed by atoms with Crippen LogP contribution in [0.4, 0.5) is 5.13 Å². The summed E-state index contributed by atoms with van der Waals surface area (Å²) in [5.74, 6) is 2.65. The van der Waals surface area contributed by atoms with Gasteiger partial charge in [-0.2, -0.15) is 9.47 Å². The SMILES string of the molecule is O=c1ccc(-n2cncn2)nn1CC1CCN(c2nc(C3CC3)ns2)CC1. The first-order valence-corrected chi connectivity index (χ1v) is 10.1. The van der Waals surface area contributed by atoms with Crippen LogP contribution in [0, 0.1) is 5.92 Å². The Morgan fingerprint density at radius 2 is 2.00 bits per heavy atom. The lowest BCUT2D eigenvalue weighted by Crippen LogP contribution is -2.37. The average molecular weight is 384 g/mol. The van der Waals surface area contributed by atoms with Crippen LogP contribution in [0.15, 0.2) is 29.6 Å². The molecule has 3 aromatic rings. The van der Waals surface area contributed by atoms with Gasteiger partial charge in [-0.3, -0.25) is 4.79 Å². The first-order chi connectivity index (χ1) is 13.3. The molecule has 0 radical (unpaired) electrons. The van der Waals surface area contributed by atoms with E-state index >= 15 is 0 Å². The highest BCUT2D eigenvalue weighted by Crippen LogP contribution is 2.40. The number of anilines is 1. The Balaban J connectivity index is 1.23. The standard InChI is InChI=1S/C17H20N8OS/c26-15-4-3-14(25-11-18-10-19-25)21-24(15)9-12-5-7-23(8-6-12)17-20-16(22-27-17)13-1-2-13/h3-4,10-13H,1-2,5-9H2. The molecule has 0 bridgehead atoms. The lowest BCUT2D eigenvalue weighted by atomic mass is 9.97. The number of nitrogens with zero attached hydrogens (tertiary/aromatic N) is 8. The molecule has 4 heterocycles. The van der Waals surface area contributed by atoms with Gasteiger partial charge in [0.2, 0.25) is 5.13 Å². The number of rotatable bonds is 5. The molecule has 5 rings (SSSR count). The Morgan fingerprint density at radius 3 is 2.74 bits per heavy atom. The molecule has 0 amide bonds. The largest absolute Gasteiger partial charge is 0.347 e. The summed E-state index contributed by atoms with van der Waals surface area (Å²) < 4.78 is 7.62. The quantitative estimate of drug-likeness (QED) is 0.657. The summed E-state index contributed by atoms with van der Waals surface area (Å²) in [4.78, 5) is 23.2. The summed E-state index contributed by atoms with van der Waals surface area (Å²) in [6.45, 7) is 2.52. The van der Waals surface area contributed by atoms with Crippen molar-refractivity contribution in [1.29, 1.82) is 0 Å². The van der Waals surface area contributed by atoms with Crippen molar-refractivity contribution in [2.75, 3.05) is 18.0 Å². The molecule has 10 heteroatoms. The molecule has 1 aliphatic heterocycles. The van der Waals surface area contributed by atoms with Crippen molar-refractivity contribution < 1.29 is 0 Å². The van der Waals surface area contributed by atoms with Gasteiger partial charge in [-0.15, -0.1) is 5.10 Å². The first kappa shape index (κ1) is 16.5. The molecule has 0 aromatic carbocycles. The van der Waals surface area contributed by atoms with Crippen molar-refractivity contribution in [2.45, 2.75) is 38.1 Å². The minimum absolute atomic E-state index is 0.0838. The molecule has 27 heavy (non-hydrogen) atoms. The Bertz CT molecular complexity index is 969. The maximum Gasteiger partial charge on any atom is 0.266 e. The van der Waals surface area contributed by atoms with E-state index < -0.39 is 0 Å². The summed E-state index contributed by atoms with van der Waals surface area (Å²) in [5, 5.41) is 9.56. The predicted molar refractivity (Wildman–Crippen MR) is 100 cm³/mol. The summed E-state index contributed by atoms with van der Waals surface area (Å²) in [7, 11) is 0. The maximum atomic E-state index is 12.2. The minimum atomic E-state index is -0.0838. The highest BCUT2D eigenvalue weighted by atomic mass is 32.1. The average Bonchev–Trinajstić information content (AvgIpc) is 3.19. The fourth-order valence-corrected chi connectivity index (χ4v) is 4.23. The van der Waals surface area contributed by atoms with E-state index in [4.69, 9.17) is 4.98 Å². The molecular weight excluding hydrogens is 364 g/mol. The van der Waals surface area contributed by atoms with Gasteiger partial charge in [-0.1, -0.05) is 0 Å². The first-order valence-electron chi connectivity index (χ1n) is 9.28. The second kappa shape index (κ2) is 6.84. The van der Waals surface area contributed by atoms with Gasteiger partial charge in [0, 0.05) is 43.2 Å². The van der Waals surface area contributed by atoms with Gasteiger partial charge in [0.05, 0.1) is 0 Å². The van der Waals surface area contributed by atoms with Crippen molar-refractivity contribution in [3.63, 3.8) is 0 Å². The molecule has 0 unspecified atom stereocenters. The van der Waals surface area contributed by atoms with Crippen LogP contribution in [-0.4, -0.2) is 47.0 Å². The smallest absolute Gasteiger partial charge is 0.266 e. The third-order valence-corrected chi connectivity index (χ3v) is 5.99. The lowest BCUT2D eigenvalue weighted by Gasteiger charge is -2.31. The van der Waals surface area contributed by atoms with E-state index in [1.807, 2.05) is 0 Å². The van der Waals surface area contributed by atoms with Crippen molar-refractivity contribution in [1.82, 2.24) is 33.9 Å². The Kier molecular flexibility index (Phi) is 4.19. The molecule has 0 N–H and O–H groups in total. The van der Waals surface area contributed by atoms with Gasteiger partial charge in [-0.05, 0) is 37.7 Å². The van der Waals surface area contributed by atoms with Crippen LogP contribution < -0.4 is 10.5 Å². The lowest BCUT2D eigenvalue weighted by molar-refractivity contribution is 0.334. The second-order valence-corrected chi connectivity index (χ2v) is 7.92. The molecule has 1 saturated carbocycles. The van der Waals surface area contributed by atoms with Crippen LogP contribution in [0.5, 0.6) is 0 Å². The highest BCUT2D eigenvalue weighted by molar-refractivity contribution is 7.09. The third-order valence-electron chi connectivity index (χ3n) is 5.20. The van der Waals surface area contributed by atoms with E-state index in [2.05, 4.69) is 24.5 Å². The Morgan fingerprint density at radius 1 is 1.15 bits per heavy atom. The van der Waals surface area contributed by atoms with Gasteiger partial charge in [0.1, 0.15) is 18.5 Å². The summed E-state index contributed by atoms with van der Waals surface area (Å²) in [6, 6.07) is 3.21. The molecule has 0 spiro atoms. The summed E-state index contributed by atoms with van der Waals surface area (Å²) >= 11 is 1.51. The second-order valence-electron chi connectivity index (χ2n) is 7.19. The van der Waals surface area contributed by atoms with Crippen LogP contribution in [0.25, 0.3) is 5.82 Å². The molecule has 9 nitrogen and oxygen atoms in total. The Hall–Kier alpha value is -2.62. The monoisotopic (exact) mass is 384 g/mol. The predicted octanol–water partition coefficient (Wildman–Crippen LogP) is 1.47. The van der Waals surface area contributed by atoms with Gasteiger partial charge in [0.25, 0.3) is 5.56 Å². The van der Waals surface area contributed by atoms with Crippen molar-refractivity contribution in [2.24, 2.45) is 5.92 Å². The number of aromatic nitrogens is 7. The molecule has 1 saturated heterocycles. The summed E-state index contributed by atoms with van der Waals surface area (Å²) in [6.07, 6.45) is 7.52. The van der Waals surface area contributed by atoms with E-state index in [9.17, 15) is 4.79 Å². The van der Waals surface area contributed by atoms with E-state index in [0.29, 0.717) is 24.2 Å². The van der Waals surface area contributed by atoms with E-state index in [-0.39, 0.29) is 5.56 Å². The van der Waals surface area contributed by atoms with Crippen molar-refractivity contribution in [3.05, 3.63) is 41.0 Å². The molecule has 2 fully saturated rings. The normalized spacial score (nSPS) is 18.1. The van der Waals surface area contributed by atoms with Gasteiger partial charge >= 0.3 is 0 Å². The molecular formula is C17H20N8OS. The zero-order chi connectivity index (χ0) is 18.2. The van der Waals surface area contributed by atoms with E-state index in [1.54, 1.807) is 27.8 Å². The van der Waals surface area contributed by atoms with Crippen molar-refractivity contribution in [3.8, 4) is 5.82 Å². The van der Waals surface area contributed by atoms with Crippen LogP contribution in [0.2, 0.25) is 0 Å². The Labute approximate surface area is 159 Å². The fraction of sp³-hybridized carbons (Fsp3) is 0.529. The highest BCUT2D eigenvalue weighted by Gasteiger charge is 2.29. The molecule has 3 aromatic heterocycles. The molecule has 2 aliphatic rings. The third kappa shape index (κ3) is 3.48. The van der Waals surface area contributed by atoms with Crippen LogP contribution in [-0.2, 0) is 6.54 Å². The maximum absolute atomic E-state index is 12.2. The number of hydrogen-bond acceptors (Lipinski definition) is 8. The van der Waals surface area contributed by atoms with Gasteiger partial charge < -0.3 is 4.90 Å². The zero-order valence-corrected chi connectivity index (χ0v) is 15.6. The zero-order valence-electron chi connectivity index (χ0n) is 14.8. The molecule has 0 atom stereocenters. The minimum Gasteiger partial charge on any atom is -0.347 e. The number of piperidine rings is 1. The van der Waals surface area contributed by atoms with Crippen LogP contribution >= 0.6 is 11.5 Å². The van der Waals surface area contributed by atoms with Gasteiger partial charge in [-0.25, -0.2) is 19.3 Å². The summed E-state index contributed by atoms with van der Waals surface area (Å²) in [5.41, 5.74) is -0.0838. The van der Waals surface area contributed by atoms with E-state index in [0.717, 1.165) is 36.9 Å². The van der Waals surface area contributed by atoms with E-state index in [1.165, 1.54) is 30.7 Å². The molecule has 1 aliphatic carbocycles. The van der Waals surface area contributed by atoms with Gasteiger partial charge in [0.15, 0.2) is 5.82 Å². The topological polar surface area (TPSA) is 94.6 Å². The number of hydrogen-bond donors (Lipinski definition) is 0. The molecule has 140 valence electrons. The van der Waals surface area contributed by atoms with Crippen LogP contribution in [0.3, 0.4) is 0 Å².